The molecule has 0 aliphatic heterocycles. The Morgan fingerprint density at radius 2 is 2.10 bits per heavy atom. The van der Waals surface area contributed by atoms with E-state index in [0.717, 1.165) is 18.7 Å². The highest BCUT2D eigenvalue weighted by atomic mass is 19.4. The molecule has 0 saturated heterocycles. The number of nitrogens with zero attached hydrogens (tertiary/aromatic N) is 1. The summed E-state index contributed by atoms with van der Waals surface area (Å²) in [6.07, 6.45) is -0.633. The minimum absolute atomic E-state index is 0.0129. The molecule has 1 aliphatic rings. The molecule has 20 heavy (non-hydrogen) atoms. The molecule has 1 fully saturated rings. The molecule has 2 rings (SSSR count). The summed E-state index contributed by atoms with van der Waals surface area (Å²) in [4.78, 5) is 15.1. The van der Waals surface area contributed by atoms with Crippen LogP contribution in [0.3, 0.4) is 0 Å². The first-order valence-electron chi connectivity index (χ1n) is 6.54. The van der Waals surface area contributed by atoms with Crippen LogP contribution in [0, 0.1) is 11.8 Å². The summed E-state index contributed by atoms with van der Waals surface area (Å²) in [5.41, 5.74) is -0.753. The van der Waals surface area contributed by atoms with Crippen LogP contribution in [-0.2, 0) is 11.0 Å². The Morgan fingerprint density at radius 3 is 2.70 bits per heavy atom. The smallest absolute Gasteiger partial charge is 0.416 e. The van der Waals surface area contributed by atoms with Crippen molar-refractivity contribution in [1.29, 1.82) is 0 Å². The van der Waals surface area contributed by atoms with E-state index in [1.54, 1.807) is 0 Å². The van der Waals surface area contributed by atoms with Gasteiger partial charge in [0.15, 0.2) is 0 Å². The van der Waals surface area contributed by atoms with E-state index in [1.165, 1.54) is 6.20 Å². The molecule has 0 aromatic carbocycles. The monoisotopic (exact) mass is 287 g/mol. The van der Waals surface area contributed by atoms with Gasteiger partial charge >= 0.3 is 12.1 Å². The number of carboxylic acid groups (broad SMARTS) is 1. The molecule has 1 saturated carbocycles. The number of carbonyl (C=O) groups is 1. The Morgan fingerprint density at radius 1 is 1.40 bits per heavy atom. The van der Waals surface area contributed by atoms with E-state index >= 15 is 0 Å². The molecule has 6 heteroatoms. The predicted molar refractivity (Wildman–Crippen MR) is 66.1 cm³/mol. The van der Waals surface area contributed by atoms with Crippen molar-refractivity contribution in [2.24, 2.45) is 11.8 Å². The van der Waals surface area contributed by atoms with Crippen molar-refractivity contribution in [3.8, 4) is 0 Å². The number of aliphatic carboxylic acids is 1. The van der Waals surface area contributed by atoms with E-state index in [-0.39, 0.29) is 11.5 Å². The number of alkyl halides is 3. The third-order valence-corrected chi connectivity index (χ3v) is 3.99. The maximum absolute atomic E-state index is 13.1. The summed E-state index contributed by atoms with van der Waals surface area (Å²) in [5, 5.41) is 9.25. The molecule has 0 amide bonds. The molecule has 1 aromatic rings. The van der Waals surface area contributed by atoms with Crippen molar-refractivity contribution in [2.45, 2.75) is 38.3 Å². The number of pyridine rings is 1. The van der Waals surface area contributed by atoms with Gasteiger partial charge in [0.25, 0.3) is 0 Å². The van der Waals surface area contributed by atoms with Crippen LogP contribution in [0.5, 0.6) is 0 Å². The summed E-state index contributed by atoms with van der Waals surface area (Å²) >= 11 is 0. The second kappa shape index (κ2) is 5.42. The molecular weight excluding hydrogens is 271 g/mol. The Bertz CT molecular complexity index is 501. The van der Waals surface area contributed by atoms with Gasteiger partial charge in [-0.05, 0) is 42.7 Å². The zero-order valence-electron chi connectivity index (χ0n) is 11.0. The Labute approximate surface area is 114 Å². The third-order valence-electron chi connectivity index (χ3n) is 3.99. The largest absolute Gasteiger partial charge is 0.481 e. The topological polar surface area (TPSA) is 50.2 Å². The highest BCUT2D eigenvalue weighted by Gasteiger charge is 2.41. The fourth-order valence-electron chi connectivity index (χ4n) is 2.98. The molecule has 3 unspecified atom stereocenters. The summed E-state index contributed by atoms with van der Waals surface area (Å²) in [5.74, 6) is -2.20. The molecule has 3 nitrogen and oxygen atoms in total. The summed E-state index contributed by atoms with van der Waals surface area (Å²) < 4.78 is 39.2. The highest BCUT2D eigenvalue weighted by molar-refractivity contribution is 5.71. The summed E-state index contributed by atoms with van der Waals surface area (Å²) in [7, 11) is 0. The maximum atomic E-state index is 13.1. The normalized spacial score (nSPS) is 27.3. The quantitative estimate of drug-likeness (QED) is 0.902. The average molecular weight is 287 g/mol. The number of hydrogen-bond acceptors (Lipinski definition) is 2. The minimum atomic E-state index is -4.48. The van der Waals surface area contributed by atoms with Crippen molar-refractivity contribution in [3.05, 3.63) is 29.6 Å². The van der Waals surface area contributed by atoms with E-state index in [9.17, 15) is 23.1 Å². The summed E-state index contributed by atoms with van der Waals surface area (Å²) in [6.45, 7) is 1.94. The maximum Gasteiger partial charge on any atom is 0.416 e. The zero-order chi connectivity index (χ0) is 14.9. The molecule has 110 valence electrons. The van der Waals surface area contributed by atoms with E-state index < -0.39 is 29.5 Å². The van der Waals surface area contributed by atoms with Crippen LogP contribution < -0.4 is 0 Å². The average Bonchev–Trinajstić information content (AvgIpc) is 2.37. The number of carboxylic acids is 1. The highest BCUT2D eigenvalue weighted by Crippen LogP contribution is 2.44. The Balaban J connectivity index is 2.44. The second-order valence-electron chi connectivity index (χ2n) is 5.43. The lowest BCUT2D eigenvalue weighted by Gasteiger charge is -2.33. The first-order valence-corrected chi connectivity index (χ1v) is 6.54. The van der Waals surface area contributed by atoms with Crippen molar-refractivity contribution >= 4 is 5.97 Å². The molecule has 1 N–H and O–H groups in total. The third kappa shape index (κ3) is 2.94. The molecule has 0 spiro atoms. The molecule has 0 bridgehead atoms. The van der Waals surface area contributed by atoms with Crippen LogP contribution in [0.1, 0.15) is 43.2 Å². The molecule has 1 aromatic heterocycles. The van der Waals surface area contributed by atoms with Gasteiger partial charge in [0.2, 0.25) is 0 Å². The summed E-state index contributed by atoms with van der Waals surface area (Å²) in [6, 6.07) is 0.924. The second-order valence-corrected chi connectivity index (χ2v) is 5.43. The lowest BCUT2D eigenvalue weighted by molar-refractivity contribution is -0.145. The molecule has 0 radical (unpaired) electrons. The van der Waals surface area contributed by atoms with Gasteiger partial charge in [-0.15, -0.1) is 0 Å². The number of halogens is 3. The predicted octanol–water partition coefficient (Wildman–Crippen LogP) is 3.70. The van der Waals surface area contributed by atoms with Gasteiger partial charge in [-0.1, -0.05) is 6.92 Å². The standard InChI is InChI=1S/C14H16F3NO2/c1-8-2-3-9(13(19)20)10(6-8)11-7-18-5-4-12(11)14(15,16)17/h4-5,7-10H,2-3,6H2,1H3,(H,19,20). The fraction of sp³-hybridized carbons (Fsp3) is 0.571. The van der Waals surface area contributed by atoms with Crippen LogP contribution in [0.15, 0.2) is 18.5 Å². The van der Waals surface area contributed by atoms with Crippen LogP contribution in [0.25, 0.3) is 0 Å². The van der Waals surface area contributed by atoms with E-state index in [2.05, 4.69) is 4.98 Å². The van der Waals surface area contributed by atoms with Gasteiger partial charge in [-0.3, -0.25) is 9.78 Å². The van der Waals surface area contributed by atoms with Crippen molar-refractivity contribution in [1.82, 2.24) is 4.98 Å². The van der Waals surface area contributed by atoms with Crippen LogP contribution in [0.2, 0.25) is 0 Å². The first kappa shape index (κ1) is 14.8. The molecular formula is C14H16F3NO2. The van der Waals surface area contributed by atoms with Gasteiger partial charge in [-0.25, -0.2) is 0 Å². The Hall–Kier alpha value is -1.59. The van der Waals surface area contributed by atoms with E-state index in [1.807, 2.05) is 6.92 Å². The molecule has 3 atom stereocenters. The van der Waals surface area contributed by atoms with E-state index in [4.69, 9.17) is 0 Å². The van der Waals surface area contributed by atoms with Gasteiger partial charge < -0.3 is 5.11 Å². The minimum Gasteiger partial charge on any atom is -0.481 e. The van der Waals surface area contributed by atoms with Crippen LogP contribution in [-0.4, -0.2) is 16.1 Å². The van der Waals surface area contributed by atoms with Gasteiger partial charge in [0.05, 0.1) is 11.5 Å². The van der Waals surface area contributed by atoms with E-state index in [0.29, 0.717) is 12.8 Å². The first-order chi connectivity index (χ1) is 9.30. The fourth-order valence-corrected chi connectivity index (χ4v) is 2.98. The van der Waals surface area contributed by atoms with Gasteiger partial charge in [0, 0.05) is 12.4 Å². The number of aromatic nitrogens is 1. The number of hydrogen-bond donors (Lipinski definition) is 1. The molecule has 1 aliphatic carbocycles. The van der Waals surface area contributed by atoms with Crippen molar-refractivity contribution in [3.63, 3.8) is 0 Å². The lowest BCUT2D eigenvalue weighted by Crippen LogP contribution is -2.30. The Kier molecular flexibility index (Phi) is 4.01. The zero-order valence-corrected chi connectivity index (χ0v) is 11.0. The van der Waals surface area contributed by atoms with Crippen molar-refractivity contribution in [2.75, 3.05) is 0 Å². The SMILES string of the molecule is CC1CCC(C(=O)O)C(c2cnccc2C(F)(F)F)C1. The van der Waals surface area contributed by atoms with Gasteiger partial charge in [-0.2, -0.15) is 13.2 Å². The number of rotatable bonds is 2. The molecule has 1 heterocycles. The van der Waals surface area contributed by atoms with Crippen molar-refractivity contribution < 1.29 is 23.1 Å². The van der Waals surface area contributed by atoms with Crippen LogP contribution in [0.4, 0.5) is 13.2 Å². The van der Waals surface area contributed by atoms with Gasteiger partial charge in [0.1, 0.15) is 0 Å². The lowest BCUT2D eigenvalue weighted by atomic mass is 9.71. The van der Waals surface area contributed by atoms with Crippen LogP contribution >= 0.6 is 0 Å².